The molecule has 1 aliphatic rings. The summed E-state index contributed by atoms with van der Waals surface area (Å²) in [5.74, 6) is 1.26. The van der Waals surface area contributed by atoms with E-state index < -0.39 is 0 Å². The van der Waals surface area contributed by atoms with E-state index >= 15 is 0 Å². The Balaban J connectivity index is 1.57. The minimum atomic E-state index is 0.117. The first-order valence-electron chi connectivity index (χ1n) is 8.10. The molecule has 3 heterocycles. The minimum absolute atomic E-state index is 0.117. The Hall–Kier alpha value is -2.47. The van der Waals surface area contributed by atoms with E-state index in [0.717, 1.165) is 36.5 Å². The number of para-hydroxylation sites is 1. The third kappa shape index (κ3) is 2.85. The van der Waals surface area contributed by atoms with Crippen molar-refractivity contribution in [1.29, 1.82) is 0 Å². The quantitative estimate of drug-likeness (QED) is 0.736. The number of piperidine rings is 1. The number of carbonyl (C=O) groups is 1. The summed E-state index contributed by atoms with van der Waals surface area (Å²) >= 11 is 1.56. The van der Waals surface area contributed by atoms with Gasteiger partial charge in [-0.1, -0.05) is 18.2 Å². The van der Waals surface area contributed by atoms with Crippen LogP contribution in [-0.4, -0.2) is 38.7 Å². The molecule has 0 aliphatic carbocycles. The molecular weight excluding hydrogens is 320 g/mol. The van der Waals surface area contributed by atoms with Gasteiger partial charge in [-0.2, -0.15) is 11.3 Å². The van der Waals surface area contributed by atoms with Crippen molar-refractivity contribution in [2.45, 2.75) is 18.8 Å². The predicted octanol–water partition coefficient (Wildman–Crippen LogP) is 3.35. The maximum atomic E-state index is 12.6. The number of nitrogens with zero attached hydrogens (tertiary/aromatic N) is 4. The molecule has 2 aromatic heterocycles. The van der Waals surface area contributed by atoms with Crippen LogP contribution in [0, 0.1) is 0 Å². The van der Waals surface area contributed by atoms with Crippen molar-refractivity contribution in [1.82, 2.24) is 19.7 Å². The maximum Gasteiger partial charge on any atom is 0.254 e. The number of amides is 1. The van der Waals surface area contributed by atoms with Gasteiger partial charge in [0.25, 0.3) is 5.91 Å². The number of hydrogen-bond donors (Lipinski definition) is 0. The van der Waals surface area contributed by atoms with Gasteiger partial charge in [-0.25, -0.2) is 0 Å². The van der Waals surface area contributed by atoms with Gasteiger partial charge in [0.1, 0.15) is 12.2 Å². The first kappa shape index (κ1) is 15.1. The first-order chi connectivity index (χ1) is 11.8. The summed E-state index contributed by atoms with van der Waals surface area (Å²) in [4.78, 5) is 14.6. The minimum Gasteiger partial charge on any atom is -0.338 e. The van der Waals surface area contributed by atoms with E-state index in [1.807, 2.05) is 56.6 Å². The number of hydrogen-bond acceptors (Lipinski definition) is 4. The Morgan fingerprint density at radius 1 is 1.21 bits per heavy atom. The molecule has 6 heteroatoms. The molecule has 4 rings (SSSR count). The average Bonchev–Trinajstić information content (AvgIpc) is 3.34. The van der Waals surface area contributed by atoms with Gasteiger partial charge in [0, 0.05) is 30.1 Å². The van der Waals surface area contributed by atoms with Gasteiger partial charge in [-0.15, -0.1) is 10.2 Å². The Labute approximate surface area is 144 Å². The van der Waals surface area contributed by atoms with Crippen LogP contribution >= 0.6 is 11.3 Å². The fourth-order valence-electron chi connectivity index (χ4n) is 3.25. The standard InChI is InChI=1S/C18H18N4OS/c23-18(15-8-10-24-12-15)21-9-4-5-14(11-21)17-20-19-13-22(17)16-6-2-1-3-7-16/h1-3,6-8,10,12-14H,4-5,9,11H2/t14-/m0/s1. The molecule has 1 aliphatic heterocycles. The van der Waals surface area contributed by atoms with Gasteiger partial charge in [0.2, 0.25) is 0 Å². The van der Waals surface area contributed by atoms with E-state index in [9.17, 15) is 4.79 Å². The van der Waals surface area contributed by atoms with E-state index in [0.29, 0.717) is 6.54 Å². The van der Waals surface area contributed by atoms with Crippen molar-refractivity contribution in [2.75, 3.05) is 13.1 Å². The van der Waals surface area contributed by atoms with Crippen LogP contribution in [0.2, 0.25) is 0 Å². The van der Waals surface area contributed by atoms with E-state index in [4.69, 9.17) is 0 Å². The van der Waals surface area contributed by atoms with Gasteiger partial charge in [0.15, 0.2) is 0 Å². The van der Waals surface area contributed by atoms with Crippen LogP contribution in [0.5, 0.6) is 0 Å². The van der Waals surface area contributed by atoms with Crippen LogP contribution in [0.25, 0.3) is 5.69 Å². The van der Waals surface area contributed by atoms with Gasteiger partial charge in [-0.05, 0) is 36.4 Å². The smallest absolute Gasteiger partial charge is 0.254 e. The lowest BCUT2D eigenvalue weighted by molar-refractivity contribution is 0.0704. The highest BCUT2D eigenvalue weighted by molar-refractivity contribution is 7.08. The summed E-state index contributed by atoms with van der Waals surface area (Å²) < 4.78 is 2.03. The second-order valence-electron chi connectivity index (χ2n) is 6.00. The molecule has 0 unspecified atom stereocenters. The molecule has 0 spiro atoms. The van der Waals surface area contributed by atoms with Crippen LogP contribution in [0.1, 0.15) is 34.9 Å². The lowest BCUT2D eigenvalue weighted by Crippen LogP contribution is -2.39. The zero-order chi connectivity index (χ0) is 16.4. The summed E-state index contributed by atoms with van der Waals surface area (Å²) in [6.07, 6.45) is 3.77. The molecule has 1 fully saturated rings. The topological polar surface area (TPSA) is 51.0 Å². The number of thiophene rings is 1. The van der Waals surface area contributed by atoms with Crippen LogP contribution in [-0.2, 0) is 0 Å². The number of aromatic nitrogens is 3. The zero-order valence-corrected chi connectivity index (χ0v) is 14.0. The molecule has 1 aromatic carbocycles. The van der Waals surface area contributed by atoms with Crippen LogP contribution in [0.4, 0.5) is 0 Å². The summed E-state index contributed by atoms with van der Waals surface area (Å²) in [5, 5.41) is 12.3. The zero-order valence-electron chi connectivity index (χ0n) is 13.2. The van der Waals surface area contributed by atoms with Crippen LogP contribution in [0.15, 0.2) is 53.5 Å². The third-order valence-electron chi connectivity index (χ3n) is 4.45. The lowest BCUT2D eigenvalue weighted by Gasteiger charge is -2.32. The molecular formula is C18H18N4OS. The first-order valence-corrected chi connectivity index (χ1v) is 9.04. The highest BCUT2D eigenvalue weighted by Gasteiger charge is 2.28. The van der Waals surface area contributed by atoms with Crippen molar-refractivity contribution in [3.63, 3.8) is 0 Å². The van der Waals surface area contributed by atoms with Crippen molar-refractivity contribution >= 4 is 17.2 Å². The molecule has 122 valence electrons. The highest BCUT2D eigenvalue weighted by Crippen LogP contribution is 2.28. The average molecular weight is 338 g/mol. The second-order valence-corrected chi connectivity index (χ2v) is 6.78. The van der Waals surface area contributed by atoms with E-state index in [1.165, 1.54) is 0 Å². The number of carbonyl (C=O) groups excluding carboxylic acids is 1. The summed E-state index contributed by atoms with van der Waals surface area (Å²) in [6, 6.07) is 12.0. The molecule has 0 N–H and O–H groups in total. The number of likely N-dealkylation sites (tertiary alicyclic amines) is 1. The normalized spacial score (nSPS) is 17.8. The van der Waals surface area contributed by atoms with Crippen molar-refractivity contribution in [2.24, 2.45) is 0 Å². The molecule has 1 amide bonds. The van der Waals surface area contributed by atoms with Crippen molar-refractivity contribution in [3.05, 3.63) is 64.9 Å². The molecule has 3 aromatic rings. The monoisotopic (exact) mass is 338 g/mol. The molecule has 0 bridgehead atoms. The Bertz CT molecular complexity index is 813. The Morgan fingerprint density at radius 3 is 2.88 bits per heavy atom. The summed E-state index contributed by atoms with van der Waals surface area (Å²) in [7, 11) is 0. The number of rotatable bonds is 3. The maximum absolute atomic E-state index is 12.6. The Morgan fingerprint density at radius 2 is 2.08 bits per heavy atom. The SMILES string of the molecule is O=C(c1ccsc1)N1CCC[C@H](c2nncn2-c2ccccc2)C1. The van der Waals surface area contributed by atoms with Gasteiger partial charge >= 0.3 is 0 Å². The van der Waals surface area contributed by atoms with Gasteiger partial charge in [-0.3, -0.25) is 9.36 Å². The van der Waals surface area contributed by atoms with Crippen molar-refractivity contribution in [3.8, 4) is 5.69 Å². The van der Waals surface area contributed by atoms with Crippen molar-refractivity contribution < 1.29 is 4.79 Å². The largest absolute Gasteiger partial charge is 0.338 e. The molecule has 0 saturated carbocycles. The fraction of sp³-hybridized carbons (Fsp3) is 0.278. The molecule has 24 heavy (non-hydrogen) atoms. The van der Waals surface area contributed by atoms with Gasteiger partial charge in [0.05, 0.1) is 5.56 Å². The van der Waals surface area contributed by atoms with E-state index in [1.54, 1.807) is 17.7 Å². The third-order valence-corrected chi connectivity index (χ3v) is 5.13. The summed E-state index contributed by atoms with van der Waals surface area (Å²) in [6.45, 7) is 1.50. The van der Waals surface area contributed by atoms with E-state index in [-0.39, 0.29) is 11.8 Å². The molecule has 1 atom stereocenters. The Kier molecular flexibility index (Phi) is 4.13. The van der Waals surface area contributed by atoms with Gasteiger partial charge < -0.3 is 4.90 Å². The highest BCUT2D eigenvalue weighted by atomic mass is 32.1. The van der Waals surface area contributed by atoms with E-state index in [2.05, 4.69) is 10.2 Å². The molecule has 1 saturated heterocycles. The van der Waals surface area contributed by atoms with Crippen LogP contribution < -0.4 is 0 Å². The molecule has 5 nitrogen and oxygen atoms in total. The number of benzene rings is 1. The predicted molar refractivity (Wildman–Crippen MR) is 93.6 cm³/mol. The second kappa shape index (κ2) is 6.57. The van der Waals surface area contributed by atoms with Crippen LogP contribution in [0.3, 0.4) is 0 Å². The summed E-state index contributed by atoms with van der Waals surface area (Å²) in [5.41, 5.74) is 1.84. The fourth-order valence-corrected chi connectivity index (χ4v) is 3.88. The molecule has 0 radical (unpaired) electrons. The lowest BCUT2D eigenvalue weighted by atomic mass is 9.96.